The lowest BCUT2D eigenvalue weighted by molar-refractivity contribution is 0.0676. The Hall–Kier alpha value is -2.93. The number of aliphatic hydroxyl groups excluding tert-OH is 1. The zero-order chi connectivity index (χ0) is 19.7. The van der Waals surface area contributed by atoms with Gasteiger partial charge in [-0.25, -0.2) is 9.50 Å². The van der Waals surface area contributed by atoms with Crippen LogP contribution in [0.4, 0.5) is 5.69 Å². The summed E-state index contributed by atoms with van der Waals surface area (Å²) in [7, 11) is 0. The highest BCUT2D eigenvalue weighted by molar-refractivity contribution is 6.00. The standard InChI is InChI=1S/C21H25N5O2/c1-15-3-5-18(6-4-15)24-8-9-25(16(2)13-24)21(28)19-12-23-26-14-17(7-10-27)11-22-20(19)26/h3-6,11-12,14,16,27H,7-10,13H2,1-2H3/t16-/m0/s1. The van der Waals surface area contributed by atoms with Crippen LogP contribution in [0.25, 0.3) is 5.65 Å². The third kappa shape index (κ3) is 3.45. The van der Waals surface area contributed by atoms with Crippen LogP contribution in [-0.4, -0.2) is 62.8 Å². The normalized spacial score (nSPS) is 17.3. The summed E-state index contributed by atoms with van der Waals surface area (Å²) >= 11 is 0. The molecule has 1 atom stereocenters. The van der Waals surface area contributed by atoms with Crippen LogP contribution in [0.1, 0.15) is 28.4 Å². The minimum atomic E-state index is -0.0338. The number of hydrogen-bond donors (Lipinski definition) is 1. The molecule has 1 amide bonds. The van der Waals surface area contributed by atoms with Crippen molar-refractivity contribution in [3.05, 3.63) is 59.5 Å². The minimum absolute atomic E-state index is 0.0338. The summed E-state index contributed by atoms with van der Waals surface area (Å²) in [5.74, 6) is -0.0338. The second-order valence-corrected chi connectivity index (χ2v) is 7.39. The zero-order valence-electron chi connectivity index (χ0n) is 16.2. The van der Waals surface area contributed by atoms with E-state index in [9.17, 15) is 4.79 Å². The molecule has 0 aliphatic carbocycles. The highest BCUT2D eigenvalue weighted by atomic mass is 16.3. The lowest BCUT2D eigenvalue weighted by atomic mass is 10.1. The van der Waals surface area contributed by atoms with Gasteiger partial charge in [0.15, 0.2) is 5.65 Å². The second-order valence-electron chi connectivity index (χ2n) is 7.39. The maximum absolute atomic E-state index is 13.2. The first kappa shape index (κ1) is 18.4. The summed E-state index contributed by atoms with van der Waals surface area (Å²) in [6.07, 6.45) is 5.62. The van der Waals surface area contributed by atoms with Crippen molar-refractivity contribution in [3.8, 4) is 0 Å². The molecule has 7 nitrogen and oxygen atoms in total. The number of carbonyl (C=O) groups is 1. The van der Waals surface area contributed by atoms with Crippen molar-refractivity contribution in [1.29, 1.82) is 0 Å². The van der Waals surface area contributed by atoms with Gasteiger partial charge in [0.2, 0.25) is 0 Å². The van der Waals surface area contributed by atoms with Gasteiger partial charge < -0.3 is 14.9 Å². The van der Waals surface area contributed by atoms with Gasteiger partial charge in [-0.05, 0) is 38.0 Å². The fourth-order valence-corrected chi connectivity index (χ4v) is 3.73. The van der Waals surface area contributed by atoms with Gasteiger partial charge in [0.05, 0.1) is 6.20 Å². The maximum Gasteiger partial charge on any atom is 0.259 e. The summed E-state index contributed by atoms with van der Waals surface area (Å²) in [6.45, 7) is 6.47. The van der Waals surface area contributed by atoms with Crippen LogP contribution in [0, 0.1) is 6.92 Å². The fraction of sp³-hybridized carbons (Fsp3) is 0.381. The van der Waals surface area contributed by atoms with E-state index < -0.39 is 0 Å². The van der Waals surface area contributed by atoms with E-state index in [4.69, 9.17) is 5.11 Å². The molecule has 0 unspecified atom stereocenters. The Balaban J connectivity index is 1.51. The van der Waals surface area contributed by atoms with Crippen molar-refractivity contribution in [2.24, 2.45) is 0 Å². The Morgan fingerprint density at radius 3 is 2.71 bits per heavy atom. The van der Waals surface area contributed by atoms with E-state index in [1.165, 1.54) is 11.3 Å². The molecule has 0 saturated carbocycles. The van der Waals surface area contributed by atoms with Crippen LogP contribution in [-0.2, 0) is 6.42 Å². The van der Waals surface area contributed by atoms with Gasteiger partial charge in [0.1, 0.15) is 5.56 Å². The van der Waals surface area contributed by atoms with Crippen LogP contribution in [0.2, 0.25) is 0 Å². The number of amides is 1. The number of hydrogen-bond acceptors (Lipinski definition) is 5. The number of aliphatic hydroxyl groups is 1. The number of aromatic nitrogens is 3. The number of fused-ring (bicyclic) bond motifs is 1. The molecule has 28 heavy (non-hydrogen) atoms. The van der Waals surface area contributed by atoms with Gasteiger partial charge in [0, 0.05) is 50.4 Å². The smallest absolute Gasteiger partial charge is 0.259 e. The van der Waals surface area contributed by atoms with E-state index in [0.717, 1.165) is 18.7 Å². The molecular weight excluding hydrogens is 354 g/mol. The third-order valence-electron chi connectivity index (χ3n) is 5.33. The molecule has 0 radical (unpaired) electrons. The first-order valence-corrected chi connectivity index (χ1v) is 9.62. The molecule has 1 fully saturated rings. The van der Waals surface area contributed by atoms with Crippen molar-refractivity contribution < 1.29 is 9.90 Å². The van der Waals surface area contributed by atoms with Gasteiger partial charge in [-0.2, -0.15) is 5.10 Å². The SMILES string of the molecule is Cc1ccc(N2CCN(C(=O)c3cnn4cc(CCO)cnc34)[C@@H](C)C2)cc1. The lowest BCUT2D eigenvalue weighted by Gasteiger charge is -2.41. The van der Waals surface area contributed by atoms with Crippen molar-refractivity contribution in [1.82, 2.24) is 19.5 Å². The molecular formula is C21H25N5O2. The Morgan fingerprint density at radius 1 is 1.21 bits per heavy atom. The first-order chi connectivity index (χ1) is 13.6. The Kier molecular flexibility index (Phi) is 5.00. The van der Waals surface area contributed by atoms with Crippen LogP contribution >= 0.6 is 0 Å². The highest BCUT2D eigenvalue weighted by Gasteiger charge is 2.30. The predicted molar refractivity (Wildman–Crippen MR) is 108 cm³/mol. The number of benzene rings is 1. The molecule has 1 N–H and O–H groups in total. The van der Waals surface area contributed by atoms with Gasteiger partial charge in [-0.15, -0.1) is 0 Å². The van der Waals surface area contributed by atoms with Crippen molar-refractivity contribution in [2.45, 2.75) is 26.3 Å². The van der Waals surface area contributed by atoms with Gasteiger partial charge in [0.25, 0.3) is 5.91 Å². The fourth-order valence-electron chi connectivity index (χ4n) is 3.73. The lowest BCUT2D eigenvalue weighted by Crippen LogP contribution is -2.54. The number of rotatable bonds is 4. The van der Waals surface area contributed by atoms with Crippen LogP contribution in [0.15, 0.2) is 42.9 Å². The van der Waals surface area contributed by atoms with Crippen LogP contribution < -0.4 is 4.90 Å². The summed E-state index contributed by atoms with van der Waals surface area (Å²) in [4.78, 5) is 21.8. The topological polar surface area (TPSA) is 74.0 Å². The molecule has 0 spiro atoms. The maximum atomic E-state index is 13.2. The zero-order valence-corrected chi connectivity index (χ0v) is 16.2. The quantitative estimate of drug-likeness (QED) is 0.750. The van der Waals surface area contributed by atoms with E-state index in [-0.39, 0.29) is 18.6 Å². The molecule has 7 heteroatoms. The summed E-state index contributed by atoms with van der Waals surface area (Å²) < 4.78 is 1.62. The molecule has 1 aliphatic heterocycles. The highest BCUT2D eigenvalue weighted by Crippen LogP contribution is 2.22. The number of nitrogens with zero attached hydrogens (tertiary/aromatic N) is 5. The van der Waals surface area contributed by atoms with E-state index in [2.05, 4.69) is 53.1 Å². The van der Waals surface area contributed by atoms with Crippen LogP contribution in [0.5, 0.6) is 0 Å². The molecule has 4 rings (SSSR count). The largest absolute Gasteiger partial charge is 0.396 e. The van der Waals surface area contributed by atoms with Crippen molar-refractivity contribution in [3.63, 3.8) is 0 Å². The monoisotopic (exact) mass is 379 g/mol. The Morgan fingerprint density at radius 2 is 2.00 bits per heavy atom. The van der Waals surface area contributed by atoms with Gasteiger partial charge in [-0.1, -0.05) is 17.7 Å². The molecule has 3 aromatic rings. The van der Waals surface area contributed by atoms with E-state index in [0.29, 0.717) is 24.2 Å². The van der Waals surface area contributed by atoms with Crippen LogP contribution in [0.3, 0.4) is 0 Å². The number of piperazine rings is 1. The van der Waals surface area contributed by atoms with Gasteiger partial charge >= 0.3 is 0 Å². The Labute approximate surface area is 164 Å². The Bertz CT molecular complexity index is 982. The predicted octanol–water partition coefficient (Wildman–Crippen LogP) is 1.92. The average Bonchev–Trinajstić information content (AvgIpc) is 3.11. The molecule has 146 valence electrons. The second kappa shape index (κ2) is 7.59. The summed E-state index contributed by atoms with van der Waals surface area (Å²) in [5, 5.41) is 13.4. The first-order valence-electron chi connectivity index (χ1n) is 9.62. The molecule has 1 saturated heterocycles. The third-order valence-corrected chi connectivity index (χ3v) is 5.33. The number of aryl methyl sites for hydroxylation is 1. The molecule has 1 aromatic carbocycles. The molecule has 2 aromatic heterocycles. The average molecular weight is 379 g/mol. The van der Waals surface area contributed by atoms with Crippen molar-refractivity contribution >= 4 is 17.2 Å². The minimum Gasteiger partial charge on any atom is -0.396 e. The molecule has 3 heterocycles. The summed E-state index contributed by atoms with van der Waals surface area (Å²) in [5.41, 5.74) is 4.40. The van der Waals surface area contributed by atoms with E-state index >= 15 is 0 Å². The number of carbonyl (C=O) groups excluding carboxylic acids is 1. The molecule has 1 aliphatic rings. The van der Waals surface area contributed by atoms with E-state index in [1.807, 2.05) is 11.1 Å². The van der Waals surface area contributed by atoms with Crippen molar-refractivity contribution in [2.75, 3.05) is 31.1 Å². The van der Waals surface area contributed by atoms with Gasteiger partial charge in [-0.3, -0.25) is 4.79 Å². The number of anilines is 1. The van der Waals surface area contributed by atoms with E-state index in [1.54, 1.807) is 16.9 Å². The summed E-state index contributed by atoms with van der Waals surface area (Å²) in [6, 6.07) is 8.60. The molecule has 0 bridgehead atoms.